The van der Waals surface area contributed by atoms with Crippen LogP contribution in [0.5, 0.6) is 0 Å². The van der Waals surface area contributed by atoms with Gasteiger partial charge in [-0.05, 0) is 90.9 Å². The van der Waals surface area contributed by atoms with Crippen LogP contribution in [-0.4, -0.2) is 11.1 Å². The minimum Gasteiger partial charge on any atom is -0.478 e. The molecule has 3 nitrogen and oxygen atoms in total. The molecule has 0 amide bonds. The molecule has 4 aromatic carbocycles. The van der Waals surface area contributed by atoms with Crippen molar-refractivity contribution >= 4 is 29.1 Å². The first-order chi connectivity index (χ1) is 17.4. The fraction of sp³-hybridized carbons (Fsp3) is 0.182. The van der Waals surface area contributed by atoms with Crippen molar-refractivity contribution in [2.75, 3.05) is 4.90 Å². The van der Waals surface area contributed by atoms with E-state index in [4.69, 9.17) is 5.11 Å². The van der Waals surface area contributed by atoms with Crippen LogP contribution in [-0.2, 0) is 11.2 Å². The largest absolute Gasteiger partial charge is 0.478 e. The minimum atomic E-state index is -0.952. The summed E-state index contributed by atoms with van der Waals surface area (Å²) in [4.78, 5) is 13.2. The first-order valence-corrected chi connectivity index (χ1v) is 12.4. The van der Waals surface area contributed by atoms with E-state index >= 15 is 0 Å². The molecule has 0 aliphatic carbocycles. The summed E-state index contributed by atoms with van der Waals surface area (Å²) in [6.07, 6.45) is 5.03. The molecular formula is C33H33NO2. The Morgan fingerprint density at radius 2 is 1.28 bits per heavy atom. The maximum absolute atomic E-state index is 10.9. The molecule has 0 radical (unpaired) electrons. The van der Waals surface area contributed by atoms with Gasteiger partial charge in [0.25, 0.3) is 0 Å². The van der Waals surface area contributed by atoms with Gasteiger partial charge in [0.2, 0.25) is 0 Å². The van der Waals surface area contributed by atoms with Crippen LogP contribution in [0.15, 0.2) is 91.0 Å². The lowest BCUT2D eigenvalue weighted by Gasteiger charge is -2.29. The van der Waals surface area contributed by atoms with E-state index in [1.165, 1.54) is 33.4 Å². The van der Waals surface area contributed by atoms with Gasteiger partial charge in [0.15, 0.2) is 0 Å². The standard InChI is InChI=1S/C33H33NO2/c1-5-6-26-7-12-28(13-8-26)29-14-18-31(19-15-29)34(33-24(3)21-23(2)22-25(33)4)30-16-9-27(10-17-30)11-20-32(35)36/h7-22H,5-6H2,1-4H3,(H,35,36)/b20-11+. The van der Waals surface area contributed by atoms with Gasteiger partial charge in [-0.15, -0.1) is 0 Å². The number of anilines is 3. The molecule has 0 aliphatic heterocycles. The molecule has 0 saturated heterocycles. The summed E-state index contributed by atoms with van der Waals surface area (Å²) in [5, 5.41) is 8.95. The Labute approximate surface area is 214 Å². The molecule has 0 fully saturated rings. The number of nitrogens with zero attached hydrogens (tertiary/aromatic N) is 1. The topological polar surface area (TPSA) is 40.5 Å². The first kappa shape index (κ1) is 25.0. The van der Waals surface area contributed by atoms with Crippen LogP contribution in [0.2, 0.25) is 0 Å². The Kier molecular flexibility index (Phi) is 7.70. The van der Waals surface area contributed by atoms with Gasteiger partial charge in [-0.3, -0.25) is 0 Å². The summed E-state index contributed by atoms with van der Waals surface area (Å²) in [6, 6.07) is 30.0. The Morgan fingerprint density at radius 3 is 1.78 bits per heavy atom. The Bertz CT molecular complexity index is 1340. The number of benzene rings is 4. The maximum Gasteiger partial charge on any atom is 0.328 e. The summed E-state index contributed by atoms with van der Waals surface area (Å²) in [7, 11) is 0. The lowest BCUT2D eigenvalue weighted by Crippen LogP contribution is -2.13. The summed E-state index contributed by atoms with van der Waals surface area (Å²) < 4.78 is 0. The number of aliphatic carboxylic acids is 1. The summed E-state index contributed by atoms with van der Waals surface area (Å²) in [6.45, 7) is 8.63. The quantitative estimate of drug-likeness (QED) is 0.259. The van der Waals surface area contributed by atoms with Crippen molar-refractivity contribution in [1.29, 1.82) is 0 Å². The highest BCUT2D eigenvalue weighted by Gasteiger charge is 2.17. The van der Waals surface area contributed by atoms with Gasteiger partial charge in [-0.25, -0.2) is 4.79 Å². The fourth-order valence-corrected chi connectivity index (χ4v) is 4.79. The zero-order chi connectivity index (χ0) is 25.7. The van der Waals surface area contributed by atoms with E-state index in [2.05, 4.69) is 93.3 Å². The number of carboxylic acid groups (broad SMARTS) is 1. The van der Waals surface area contributed by atoms with E-state index in [0.717, 1.165) is 41.5 Å². The van der Waals surface area contributed by atoms with Crippen molar-refractivity contribution in [2.24, 2.45) is 0 Å². The highest BCUT2D eigenvalue weighted by molar-refractivity contribution is 5.86. The van der Waals surface area contributed by atoms with Gasteiger partial charge in [0, 0.05) is 17.5 Å². The van der Waals surface area contributed by atoms with E-state index in [1.54, 1.807) is 6.08 Å². The van der Waals surface area contributed by atoms with E-state index in [-0.39, 0.29) is 0 Å². The van der Waals surface area contributed by atoms with Gasteiger partial charge >= 0.3 is 5.97 Å². The Morgan fingerprint density at radius 1 is 0.778 bits per heavy atom. The number of carbonyl (C=O) groups is 1. The second-order valence-corrected chi connectivity index (χ2v) is 9.34. The average molecular weight is 476 g/mol. The first-order valence-electron chi connectivity index (χ1n) is 12.4. The number of hydrogen-bond acceptors (Lipinski definition) is 2. The third-order valence-electron chi connectivity index (χ3n) is 6.38. The minimum absolute atomic E-state index is 0.848. The molecule has 1 N–H and O–H groups in total. The highest BCUT2D eigenvalue weighted by atomic mass is 16.4. The predicted molar refractivity (Wildman–Crippen MR) is 151 cm³/mol. The van der Waals surface area contributed by atoms with Crippen LogP contribution >= 0.6 is 0 Å². The van der Waals surface area contributed by atoms with Crippen LogP contribution in [0.25, 0.3) is 17.2 Å². The predicted octanol–water partition coefficient (Wildman–Crippen LogP) is 8.80. The number of hydrogen-bond donors (Lipinski definition) is 1. The molecule has 0 aliphatic rings. The van der Waals surface area contributed by atoms with Crippen LogP contribution in [0, 0.1) is 20.8 Å². The van der Waals surface area contributed by atoms with E-state index in [0.29, 0.717) is 0 Å². The molecule has 4 rings (SSSR count). The number of rotatable bonds is 8. The zero-order valence-corrected chi connectivity index (χ0v) is 21.5. The van der Waals surface area contributed by atoms with Crippen molar-refractivity contribution < 1.29 is 9.90 Å². The maximum atomic E-state index is 10.9. The van der Waals surface area contributed by atoms with Gasteiger partial charge in [0.05, 0.1) is 5.69 Å². The van der Waals surface area contributed by atoms with Crippen molar-refractivity contribution in [1.82, 2.24) is 0 Å². The molecule has 0 saturated carbocycles. The molecular weight excluding hydrogens is 442 g/mol. The fourth-order valence-electron chi connectivity index (χ4n) is 4.79. The smallest absolute Gasteiger partial charge is 0.328 e. The van der Waals surface area contributed by atoms with Crippen LogP contribution < -0.4 is 4.90 Å². The summed E-state index contributed by atoms with van der Waals surface area (Å²) >= 11 is 0. The third-order valence-corrected chi connectivity index (χ3v) is 6.38. The summed E-state index contributed by atoms with van der Waals surface area (Å²) in [5.41, 5.74) is 11.5. The van der Waals surface area contributed by atoms with Gasteiger partial charge in [-0.2, -0.15) is 0 Å². The molecule has 0 aromatic heterocycles. The molecule has 0 spiro atoms. The molecule has 182 valence electrons. The molecule has 0 bridgehead atoms. The van der Waals surface area contributed by atoms with Crippen LogP contribution in [0.4, 0.5) is 17.1 Å². The lowest BCUT2D eigenvalue weighted by atomic mass is 10.00. The molecule has 0 atom stereocenters. The van der Waals surface area contributed by atoms with Gasteiger partial charge in [-0.1, -0.05) is 79.6 Å². The van der Waals surface area contributed by atoms with Crippen molar-refractivity contribution in [3.63, 3.8) is 0 Å². The number of carboxylic acids is 1. The van der Waals surface area contributed by atoms with Crippen LogP contribution in [0.3, 0.4) is 0 Å². The van der Waals surface area contributed by atoms with Crippen molar-refractivity contribution in [3.8, 4) is 11.1 Å². The van der Waals surface area contributed by atoms with E-state index < -0.39 is 5.97 Å². The third kappa shape index (κ3) is 5.75. The SMILES string of the molecule is CCCc1ccc(-c2ccc(N(c3ccc(/C=C/C(=O)O)cc3)c3c(C)cc(C)cc3C)cc2)cc1. The second kappa shape index (κ2) is 11.1. The van der Waals surface area contributed by atoms with Gasteiger partial charge in [0.1, 0.15) is 0 Å². The summed E-state index contributed by atoms with van der Waals surface area (Å²) in [5.74, 6) is -0.952. The van der Waals surface area contributed by atoms with E-state index in [1.807, 2.05) is 24.3 Å². The molecule has 36 heavy (non-hydrogen) atoms. The van der Waals surface area contributed by atoms with Crippen LogP contribution in [0.1, 0.15) is 41.2 Å². The molecule has 3 heteroatoms. The van der Waals surface area contributed by atoms with E-state index in [9.17, 15) is 4.79 Å². The van der Waals surface area contributed by atoms with Crippen molar-refractivity contribution in [2.45, 2.75) is 40.5 Å². The highest BCUT2D eigenvalue weighted by Crippen LogP contribution is 2.40. The lowest BCUT2D eigenvalue weighted by molar-refractivity contribution is -0.131. The van der Waals surface area contributed by atoms with Gasteiger partial charge < -0.3 is 10.0 Å². The molecule has 0 unspecified atom stereocenters. The zero-order valence-electron chi connectivity index (χ0n) is 21.5. The normalized spacial score (nSPS) is 11.1. The average Bonchev–Trinajstić information content (AvgIpc) is 2.86. The second-order valence-electron chi connectivity index (χ2n) is 9.34. The Balaban J connectivity index is 1.74. The molecule has 0 heterocycles. The Hall–Kier alpha value is -4.11. The monoisotopic (exact) mass is 475 g/mol. The number of aryl methyl sites for hydroxylation is 4. The van der Waals surface area contributed by atoms with Crippen molar-refractivity contribution in [3.05, 3.63) is 119 Å². The molecule has 4 aromatic rings.